The highest BCUT2D eigenvalue weighted by Gasteiger charge is 2.30. The quantitative estimate of drug-likeness (QED) is 0.797. The van der Waals surface area contributed by atoms with E-state index < -0.39 is 11.7 Å². The van der Waals surface area contributed by atoms with Crippen molar-refractivity contribution in [2.45, 2.75) is 17.4 Å². The molecular formula is C10H11BrF3NO. The third kappa shape index (κ3) is 4.09. The van der Waals surface area contributed by atoms with Crippen LogP contribution in [0, 0.1) is 0 Å². The van der Waals surface area contributed by atoms with Gasteiger partial charge in [-0.25, -0.2) is 0 Å². The van der Waals surface area contributed by atoms with Gasteiger partial charge in [-0.3, -0.25) is 4.98 Å². The Kier molecular flexibility index (Phi) is 4.73. The van der Waals surface area contributed by atoms with Crippen LogP contribution in [0.5, 0.6) is 0 Å². The molecule has 16 heavy (non-hydrogen) atoms. The van der Waals surface area contributed by atoms with Gasteiger partial charge < -0.3 is 4.74 Å². The summed E-state index contributed by atoms with van der Waals surface area (Å²) in [6.07, 6.45) is -2.75. The minimum atomic E-state index is -4.32. The van der Waals surface area contributed by atoms with Crippen molar-refractivity contribution in [1.29, 1.82) is 0 Å². The van der Waals surface area contributed by atoms with E-state index in [-0.39, 0.29) is 4.83 Å². The molecule has 1 aromatic rings. The largest absolute Gasteiger partial charge is 0.416 e. The SMILES string of the molecule is COCC(Br)Cc1cc(C(F)(F)F)ccn1. The second-order valence-electron chi connectivity index (χ2n) is 3.29. The van der Waals surface area contributed by atoms with E-state index in [1.807, 2.05) is 0 Å². The molecule has 0 aromatic carbocycles. The lowest BCUT2D eigenvalue weighted by Crippen LogP contribution is -2.12. The van der Waals surface area contributed by atoms with Gasteiger partial charge in [0.05, 0.1) is 12.2 Å². The Hall–Kier alpha value is -0.620. The van der Waals surface area contributed by atoms with Crippen LogP contribution in [0.15, 0.2) is 18.3 Å². The number of alkyl halides is 4. The van der Waals surface area contributed by atoms with Gasteiger partial charge in [-0.05, 0) is 12.1 Å². The third-order valence-electron chi connectivity index (χ3n) is 1.92. The van der Waals surface area contributed by atoms with E-state index in [0.29, 0.717) is 18.7 Å². The van der Waals surface area contributed by atoms with Crippen LogP contribution in [0.2, 0.25) is 0 Å². The molecule has 0 N–H and O–H groups in total. The third-order valence-corrected chi connectivity index (χ3v) is 2.51. The predicted molar refractivity (Wildman–Crippen MR) is 57.5 cm³/mol. The number of aromatic nitrogens is 1. The molecule has 0 saturated heterocycles. The molecule has 0 aliphatic rings. The van der Waals surface area contributed by atoms with Crippen molar-refractivity contribution < 1.29 is 17.9 Å². The molecule has 0 aliphatic carbocycles. The highest BCUT2D eigenvalue weighted by molar-refractivity contribution is 9.09. The van der Waals surface area contributed by atoms with Gasteiger partial charge in [-0.1, -0.05) is 15.9 Å². The van der Waals surface area contributed by atoms with Crippen LogP contribution < -0.4 is 0 Å². The molecule has 1 aromatic heterocycles. The molecule has 2 nitrogen and oxygen atoms in total. The van der Waals surface area contributed by atoms with Gasteiger partial charge in [0.15, 0.2) is 0 Å². The zero-order valence-corrected chi connectivity index (χ0v) is 10.2. The van der Waals surface area contributed by atoms with Crippen LogP contribution in [0.3, 0.4) is 0 Å². The lowest BCUT2D eigenvalue weighted by Gasteiger charge is -2.10. The number of hydrogen-bond donors (Lipinski definition) is 0. The van der Waals surface area contributed by atoms with Gasteiger partial charge in [-0.15, -0.1) is 0 Å². The number of methoxy groups -OCH3 is 1. The monoisotopic (exact) mass is 297 g/mol. The fraction of sp³-hybridized carbons (Fsp3) is 0.500. The van der Waals surface area contributed by atoms with Gasteiger partial charge in [0.1, 0.15) is 0 Å². The maximum absolute atomic E-state index is 12.4. The number of hydrogen-bond acceptors (Lipinski definition) is 2. The van der Waals surface area contributed by atoms with Crippen molar-refractivity contribution in [2.24, 2.45) is 0 Å². The van der Waals surface area contributed by atoms with Crippen molar-refractivity contribution in [3.63, 3.8) is 0 Å². The Morgan fingerprint density at radius 2 is 2.19 bits per heavy atom. The molecule has 1 heterocycles. The zero-order valence-electron chi connectivity index (χ0n) is 8.59. The van der Waals surface area contributed by atoms with E-state index >= 15 is 0 Å². The number of nitrogens with zero attached hydrogens (tertiary/aromatic N) is 1. The number of pyridine rings is 1. The van der Waals surface area contributed by atoms with E-state index in [9.17, 15) is 13.2 Å². The topological polar surface area (TPSA) is 22.1 Å². The molecule has 0 radical (unpaired) electrons. The molecule has 1 rings (SSSR count). The summed E-state index contributed by atoms with van der Waals surface area (Å²) in [7, 11) is 1.54. The number of ether oxygens (including phenoxy) is 1. The Labute approximate surface area is 100.0 Å². The van der Waals surface area contributed by atoms with Gasteiger partial charge in [-0.2, -0.15) is 13.2 Å². The summed E-state index contributed by atoms with van der Waals surface area (Å²) in [5.41, 5.74) is -0.275. The first-order valence-electron chi connectivity index (χ1n) is 4.58. The van der Waals surface area contributed by atoms with E-state index in [1.165, 1.54) is 13.3 Å². The summed E-state index contributed by atoms with van der Waals surface area (Å²) < 4.78 is 42.0. The first kappa shape index (κ1) is 13.4. The fourth-order valence-corrected chi connectivity index (χ4v) is 1.83. The van der Waals surface area contributed by atoms with Crippen molar-refractivity contribution >= 4 is 15.9 Å². The van der Waals surface area contributed by atoms with Crippen LogP contribution in [0.25, 0.3) is 0 Å². The first-order valence-corrected chi connectivity index (χ1v) is 5.50. The fourth-order valence-electron chi connectivity index (χ4n) is 1.23. The Morgan fingerprint density at radius 1 is 1.50 bits per heavy atom. The summed E-state index contributed by atoms with van der Waals surface area (Å²) >= 11 is 3.30. The van der Waals surface area contributed by atoms with E-state index in [0.717, 1.165) is 12.1 Å². The van der Waals surface area contributed by atoms with E-state index in [4.69, 9.17) is 4.74 Å². The van der Waals surface area contributed by atoms with Crippen molar-refractivity contribution in [2.75, 3.05) is 13.7 Å². The standard InChI is InChI=1S/C10H11BrF3NO/c1-16-6-8(11)5-9-4-7(2-3-15-9)10(12,13)14/h2-4,8H,5-6H2,1H3. The van der Waals surface area contributed by atoms with Crippen molar-refractivity contribution in [1.82, 2.24) is 4.98 Å². The molecule has 0 aliphatic heterocycles. The van der Waals surface area contributed by atoms with Crippen molar-refractivity contribution in [3.05, 3.63) is 29.6 Å². The summed E-state index contributed by atoms with van der Waals surface area (Å²) in [5.74, 6) is 0. The minimum Gasteiger partial charge on any atom is -0.384 e. The lowest BCUT2D eigenvalue weighted by atomic mass is 10.1. The van der Waals surface area contributed by atoms with Gasteiger partial charge >= 0.3 is 6.18 Å². The van der Waals surface area contributed by atoms with Crippen LogP contribution in [-0.2, 0) is 17.3 Å². The smallest absolute Gasteiger partial charge is 0.384 e. The summed E-state index contributed by atoms with van der Waals surface area (Å²) in [5, 5.41) is 0. The van der Waals surface area contributed by atoms with Crippen LogP contribution >= 0.6 is 15.9 Å². The highest BCUT2D eigenvalue weighted by atomic mass is 79.9. The van der Waals surface area contributed by atoms with E-state index in [1.54, 1.807) is 0 Å². The number of halogens is 4. The van der Waals surface area contributed by atoms with Gasteiger partial charge in [0, 0.05) is 30.2 Å². The molecule has 0 saturated carbocycles. The normalized spacial score (nSPS) is 13.8. The Morgan fingerprint density at radius 3 is 2.75 bits per heavy atom. The average molecular weight is 298 g/mol. The van der Waals surface area contributed by atoms with Crippen molar-refractivity contribution in [3.8, 4) is 0 Å². The van der Waals surface area contributed by atoms with Gasteiger partial charge in [0.2, 0.25) is 0 Å². The number of rotatable bonds is 4. The zero-order chi connectivity index (χ0) is 12.2. The highest BCUT2D eigenvalue weighted by Crippen LogP contribution is 2.29. The lowest BCUT2D eigenvalue weighted by molar-refractivity contribution is -0.137. The minimum absolute atomic E-state index is 0.0338. The maximum atomic E-state index is 12.4. The molecule has 90 valence electrons. The summed E-state index contributed by atoms with van der Waals surface area (Å²) in [6, 6.07) is 2.02. The molecule has 1 atom stereocenters. The molecule has 1 unspecified atom stereocenters. The predicted octanol–water partition coefficient (Wildman–Crippen LogP) is 3.05. The Bertz CT molecular complexity index is 343. The molecule has 0 fully saturated rings. The second-order valence-corrected chi connectivity index (χ2v) is 4.59. The summed E-state index contributed by atoms with van der Waals surface area (Å²) in [4.78, 5) is 3.86. The van der Waals surface area contributed by atoms with E-state index in [2.05, 4.69) is 20.9 Å². The van der Waals surface area contributed by atoms with Gasteiger partial charge in [0.25, 0.3) is 0 Å². The summed E-state index contributed by atoms with van der Waals surface area (Å²) in [6.45, 7) is 0.428. The maximum Gasteiger partial charge on any atom is 0.416 e. The van der Waals surface area contributed by atoms with Crippen LogP contribution in [0.4, 0.5) is 13.2 Å². The Balaban J connectivity index is 2.75. The van der Waals surface area contributed by atoms with Crippen LogP contribution in [-0.4, -0.2) is 23.5 Å². The van der Waals surface area contributed by atoms with Crippen LogP contribution in [0.1, 0.15) is 11.3 Å². The molecule has 0 amide bonds. The molecule has 0 bridgehead atoms. The average Bonchev–Trinajstić information content (AvgIpc) is 2.17. The molecular weight excluding hydrogens is 287 g/mol. The molecule has 0 spiro atoms. The second kappa shape index (κ2) is 5.63. The molecule has 6 heteroatoms. The first-order chi connectivity index (χ1) is 7.43.